The molecule has 0 aliphatic rings. The summed E-state index contributed by atoms with van der Waals surface area (Å²) in [4.78, 5) is 46.6. The van der Waals surface area contributed by atoms with Gasteiger partial charge in [-0.1, -0.05) is 36.4 Å². The second-order valence-corrected chi connectivity index (χ2v) is 12.4. The quantitative estimate of drug-likeness (QED) is 0.101. The molecule has 0 amide bonds. The van der Waals surface area contributed by atoms with E-state index >= 15 is 0 Å². The van der Waals surface area contributed by atoms with Crippen LogP contribution in [0.3, 0.4) is 0 Å². The summed E-state index contributed by atoms with van der Waals surface area (Å²) in [7, 11) is -10.7. The summed E-state index contributed by atoms with van der Waals surface area (Å²) in [5.74, 6) is -3.01. The second kappa shape index (κ2) is 31.9. The van der Waals surface area contributed by atoms with Gasteiger partial charge in [-0.05, 0) is 84.9 Å². The van der Waals surface area contributed by atoms with E-state index in [4.69, 9.17) is 0 Å². The van der Waals surface area contributed by atoms with Gasteiger partial charge in [-0.3, -0.25) is 19.9 Å². The zero-order valence-corrected chi connectivity index (χ0v) is 37.5. The molecule has 0 aromatic carbocycles. The zero-order valence-electron chi connectivity index (χ0n) is 32.4. The molecule has 0 saturated carbocycles. The van der Waals surface area contributed by atoms with Crippen LogP contribution in [-0.2, 0) is 39.0 Å². The molecular formula is C36H38ClF6N8O11PRu2. The van der Waals surface area contributed by atoms with Crippen molar-refractivity contribution in [2.75, 3.05) is 0 Å². The molecule has 29 heteroatoms. The SMILES string of the molecule is F[P-](F)(F)(F)(F)F.O.O.O.O.O.O.O.O=C([O-])c1ccc(C(=O)[O-])nn1.[Cl-].[Ru+2].[Ru+2].c1ccc(-c2cccc(-c3ccccn3)n2)nc1.c1ccc(-c2cccc(-c3ccccn3)n2)nc1. The van der Waals surface area contributed by atoms with E-state index in [0.717, 1.165) is 57.7 Å². The molecule has 0 atom stereocenters. The molecule has 0 aliphatic heterocycles. The van der Waals surface area contributed by atoms with Gasteiger partial charge in [0.1, 0.15) is 11.4 Å². The predicted octanol–water partition coefficient (Wildman–Crippen LogP) is -1.78. The Balaban J connectivity index is -0.000000137. The summed E-state index contributed by atoms with van der Waals surface area (Å²) in [5.41, 5.74) is 6.09. The van der Waals surface area contributed by atoms with Gasteiger partial charge in [0.2, 0.25) is 0 Å². The first-order valence-corrected chi connectivity index (χ1v) is 17.4. The third-order valence-electron chi connectivity index (χ3n) is 6.29. The molecule has 0 unspecified atom stereocenters. The minimum absolute atomic E-state index is 0. The summed E-state index contributed by atoms with van der Waals surface area (Å²) < 4.78 is 59.2. The Hall–Kier alpha value is -5.81. The van der Waals surface area contributed by atoms with E-state index in [-0.39, 0.29) is 89.7 Å². The van der Waals surface area contributed by atoms with Crippen LogP contribution in [0.1, 0.15) is 21.0 Å². The minimum Gasteiger partial charge on any atom is -1.00 e. The molecule has 7 aromatic rings. The maximum atomic E-state index is 10.1. The van der Waals surface area contributed by atoms with Gasteiger partial charge < -0.3 is 70.5 Å². The Morgan fingerprint density at radius 3 is 0.723 bits per heavy atom. The third-order valence-corrected chi connectivity index (χ3v) is 6.29. The van der Waals surface area contributed by atoms with Gasteiger partial charge in [-0.2, -0.15) is 0 Å². The van der Waals surface area contributed by atoms with Gasteiger partial charge >= 0.3 is 71.9 Å². The average Bonchev–Trinajstić information content (AvgIpc) is 3.19. The molecule has 7 rings (SSSR count). The first-order valence-electron chi connectivity index (χ1n) is 15.4. The largest absolute Gasteiger partial charge is 2.00 e. The molecule has 0 spiro atoms. The molecular weight excluding hydrogens is 1100 g/mol. The van der Waals surface area contributed by atoms with Gasteiger partial charge in [0.15, 0.2) is 0 Å². The van der Waals surface area contributed by atoms with Crippen LogP contribution in [0, 0.1) is 0 Å². The summed E-state index contributed by atoms with van der Waals surface area (Å²) in [6.07, 6.45) is 7.07. The molecule has 0 radical (unpaired) electrons. The molecule has 358 valence electrons. The maximum absolute atomic E-state index is 10.7. The second-order valence-electron chi connectivity index (χ2n) is 10.5. The van der Waals surface area contributed by atoms with E-state index in [1.54, 1.807) is 24.8 Å². The minimum atomic E-state index is -10.7. The Morgan fingerprint density at radius 2 is 0.569 bits per heavy atom. The molecule has 7 aromatic heterocycles. The number of aromatic carboxylic acids is 2. The van der Waals surface area contributed by atoms with Crippen LogP contribution >= 0.6 is 7.81 Å². The summed E-state index contributed by atoms with van der Waals surface area (Å²) in [6.45, 7) is 0. The topological polar surface area (TPSA) is 404 Å². The monoisotopic (exact) mass is 1140 g/mol. The molecule has 0 saturated heterocycles. The molecule has 0 fully saturated rings. The van der Waals surface area contributed by atoms with E-state index in [9.17, 15) is 45.0 Å². The van der Waals surface area contributed by atoms with Crippen molar-refractivity contribution in [1.82, 2.24) is 40.1 Å². The zero-order chi connectivity index (χ0) is 40.0. The normalized spacial score (nSPS) is 9.88. The van der Waals surface area contributed by atoms with Crippen LogP contribution in [0.5, 0.6) is 0 Å². The number of carbonyl (C=O) groups is 2. The summed E-state index contributed by atoms with van der Waals surface area (Å²) in [6, 6.07) is 36.9. The number of carboxylic acid groups (broad SMARTS) is 2. The number of nitrogens with zero attached hydrogens (tertiary/aromatic N) is 8. The van der Waals surface area contributed by atoms with Crippen LogP contribution in [0.2, 0.25) is 0 Å². The first-order chi connectivity index (χ1) is 25.9. The van der Waals surface area contributed by atoms with Gasteiger partial charge in [-0.15, -0.1) is 10.2 Å². The molecule has 65 heavy (non-hydrogen) atoms. The maximum Gasteiger partial charge on any atom is 2.00 e. The van der Waals surface area contributed by atoms with Crippen molar-refractivity contribution in [1.29, 1.82) is 0 Å². The number of pyridine rings is 6. The molecule has 0 aliphatic carbocycles. The van der Waals surface area contributed by atoms with E-state index in [2.05, 4.69) is 40.1 Å². The van der Waals surface area contributed by atoms with Crippen molar-refractivity contribution in [3.05, 3.63) is 158 Å². The number of halogens is 7. The van der Waals surface area contributed by atoms with Crippen molar-refractivity contribution >= 4 is 19.7 Å². The third kappa shape index (κ3) is 28.6. The van der Waals surface area contributed by atoms with E-state index in [1.807, 2.05) is 109 Å². The number of carboxylic acids is 2. The number of hydrogen-bond donors (Lipinski definition) is 0. The molecule has 19 nitrogen and oxygen atoms in total. The molecule has 0 bridgehead atoms. The van der Waals surface area contributed by atoms with Crippen molar-refractivity contribution in [2.45, 2.75) is 0 Å². The van der Waals surface area contributed by atoms with Crippen molar-refractivity contribution in [2.24, 2.45) is 0 Å². The van der Waals surface area contributed by atoms with Crippen LogP contribution < -0.4 is 22.6 Å². The first kappa shape index (κ1) is 73.6. The Morgan fingerprint density at radius 1 is 0.369 bits per heavy atom. The Bertz CT molecular complexity index is 2090. The van der Waals surface area contributed by atoms with Crippen molar-refractivity contribution < 1.29 is 135 Å². The van der Waals surface area contributed by atoms with Gasteiger partial charge in [-0.25, -0.2) is 9.97 Å². The number of hydrogen-bond acceptors (Lipinski definition) is 12. The van der Waals surface area contributed by atoms with Crippen LogP contribution in [-0.4, -0.2) is 90.4 Å². The van der Waals surface area contributed by atoms with E-state index in [0.29, 0.717) is 0 Å². The Kier molecular flexibility index (Phi) is 36.2. The van der Waals surface area contributed by atoms with Gasteiger partial charge in [0.05, 0.1) is 57.5 Å². The fourth-order valence-electron chi connectivity index (χ4n) is 4.05. The number of rotatable bonds is 6. The predicted molar refractivity (Wildman–Crippen MR) is 211 cm³/mol. The Labute approximate surface area is 395 Å². The van der Waals surface area contributed by atoms with Crippen LogP contribution in [0.25, 0.3) is 45.6 Å². The smallest absolute Gasteiger partial charge is 1.00 e. The fraction of sp³-hybridized carbons (Fsp3) is 0. The molecule has 14 N–H and O–H groups in total. The van der Waals surface area contributed by atoms with Crippen LogP contribution in [0.4, 0.5) is 25.2 Å². The average molecular weight is 1140 g/mol. The fourth-order valence-corrected chi connectivity index (χ4v) is 4.05. The number of aromatic nitrogens is 8. The summed E-state index contributed by atoms with van der Waals surface area (Å²) in [5, 5.41) is 26.3. The van der Waals surface area contributed by atoms with E-state index in [1.165, 1.54) is 0 Å². The van der Waals surface area contributed by atoms with Crippen molar-refractivity contribution in [3.63, 3.8) is 0 Å². The summed E-state index contributed by atoms with van der Waals surface area (Å²) >= 11 is 0. The standard InChI is InChI=1S/2C15H11N3.C6H4N2O4.ClH.F6P.7H2O.2Ru/c2*1-3-10-16-12(6-1)14-8-5-9-15(18-14)13-7-2-4-11-17-13;9-5(10)3-1-2-4(6(11)12)8-7-3;;1-7(2,3,4,5)6;;;;;;;;;/h2*1-11H;1-2H,(H,9,10)(H,11,12);1H;;7*1H2;;/q;;;;-1;;;;;;;;2*+2/p-3. The van der Waals surface area contributed by atoms with Crippen molar-refractivity contribution in [3.8, 4) is 45.6 Å². The van der Waals surface area contributed by atoms with Gasteiger partial charge in [0.25, 0.3) is 0 Å². The van der Waals surface area contributed by atoms with Crippen LogP contribution in [0.15, 0.2) is 146 Å². The van der Waals surface area contributed by atoms with E-state index < -0.39 is 31.1 Å². The molecule has 7 heterocycles. The van der Waals surface area contributed by atoms with Gasteiger partial charge in [0, 0.05) is 24.8 Å². The number of carbonyl (C=O) groups excluding carboxylic acids is 2.